The van der Waals surface area contributed by atoms with E-state index >= 15 is 0 Å². The van der Waals surface area contributed by atoms with Gasteiger partial charge in [0.1, 0.15) is 18.5 Å². The number of benzene rings is 2. The minimum Gasteiger partial charge on any atom is -0.459 e. The summed E-state index contributed by atoms with van der Waals surface area (Å²) in [5.74, 6) is -2.07. The number of nitrogens with two attached hydrogens (primary N) is 1. The molecule has 1 fully saturated rings. The lowest BCUT2D eigenvalue weighted by Gasteiger charge is -2.24. The van der Waals surface area contributed by atoms with Gasteiger partial charge in [0.2, 0.25) is 0 Å². The molecule has 0 amide bonds. The van der Waals surface area contributed by atoms with E-state index in [4.69, 9.17) is 24.7 Å². The summed E-state index contributed by atoms with van der Waals surface area (Å²) >= 11 is 0. The first-order valence-electron chi connectivity index (χ1n) is 11.0. The number of carbonyl (C=O) groups excluding carboxylic acids is 3. The van der Waals surface area contributed by atoms with Gasteiger partial charge in [-0.2, -0.15) is 4.98 Å². The number of anilines is 1. The summed E-state index contributed by atoms with van der Waals surface area (Å²) in [6.45, 7) is 0.825. The Labute approximate surface area is 205 Å². The van der Waals surface area contributed by atoms with Gasteiger partial charge in [0, 0.05) is 13.1 Å². The largest absolute Gasteiger partial charge is 0.459 e. The highest BCUT2D eigenvalue weighted by atomic mass is 16.7. The number of hydrogen-bond donors (Lipinski definition) is 1. The zero-order chi connectivity index (χ0) is 25.7. The van der Waals surface area contributed by atoms with E-state index in [1.54, 1.807) is 60.7 Å². The summed E-state index contributed by atoms with van der Waals surface area (Å²) in [5, 5.41) is 0. The molecular weight excluding hydrogens is 470 g/mol. The summed E-state index contributed by atoms with van der Waals surface area (Å²) in [4.78, 5) is 53.5. The summed E-state index contributed by atoms with van der Waals surface area (Å²) in [6, 6.07) is 17.8. The van der Waals surface area contributed by atoms with Crippen molar-refractivity contribution in [3.63, 3.8) is 0 Å². The quantitative estimate of drug-likeness (QED) is 0.381. The molecule has 0 unspecified atom stereocenters. The predicted octanol–water partition coefficient (Wildman–Crippen LogP) is 1.74. The van der Waals surface area contributed by atoms with Crippen molar-refractivity contribution in [2.24, 2.45) is 0 Å². The van der Waals surface area contributed by atoms with Gasteiger partial charge in [-0.05, 0) is 30.3 Å². The fourth-order valence-electron chi connectivity index (χ4n) is 3.73. The monoisotopic (exact) mass is 493 g/mol. The first-order valence-corrected chi connectivity index (χ1v) is 11.0. The minimum atomic E-state index is -1.27. The number of nitrogens with zero attached hydrogens (tertiary/aromatic N) is 2. The maximum absolute atomic E-state index is 12.9. The van der Waals surface area contributed by atoms with Crippen LogP contribution in [-0.2, 0) is 23.7 Å². The van der Waals surface area contributed by atoms with E-state index in [9.17, 15) is 19.2 Å². The standard InChI is InChI=1S/C25H23N3O8/c1-15(29)34-20-18(14-33-23(30)16-8-4-2-5-9-16)35-22(28-13-12-19(26)27-25(28)32)21(20)36-24(31)17-10-6-3-7-11-17/h2-13,18,20-22H,14H2,1H3,(H2,26,27,32)/t18-,20-,21+,22+/m1/s1. The summed E-state index contributed by atoms with van der Waals surface area (Å²) in [7, 11) is 0. The fraction of sp³-hybridized carbons (Fsp3) is 0.240. The Morgan fingerprint density at radius 2 is 1.53 bits per heavy atom. The Morgan fingerprint density at radius 3 is 2.11 bits per heavy atom. The molecule has 0 spiro atoms. The highest BCUT2D eigenvalue weighted by Crippen LogP contribution is 2.34. The zero-order valence-corrected chi connectivity index (χ0v) is 19.2. The Balaban J connectivity index is 1.64. The van der Waals surface area contributed by atoms with Crippen molar-refractivity contribution in [3.05, 3.63) is 94.5 Å². The van der Waals surface area contributed by atoms with Crippen molar-refractivity contribution in [3.8, 4) is 0 Å². The molecule has 4 rings (SSSR count). The lowest BCUT2D eigenvalue weighted by molar-refractivity contribution is -0.154. The lowest BCUT2D eigenvalue weighted by atomic mass is 10.1. The molecule has 3 aromatic rings. The number of esters is 3. The SMILES string of the molecule is CC(=O)O[C@H]1[C@H](OC(=O)c2ccccc2)[C@@H](n2ccc(N)nc2=O)O[C@@H]1COC(=O)c1ccccc1. The van der Waals surface area contributed by atoms with Gasteiger partial charge < -0.3 is 24.7 Å². The zero-order valence-electron chi connectivity index (χ0n) is 19.2. The molecule has 11 nitrogen and oxygen atoms in total. The summed E-state index contributed by atoms with van der Waals surface area (Å²) in [5.41, 5.74) is 5.37. The van der Waals surface area contributed by atoms with E-state index in [0.29, 0.717) is 5.56 Å². The molecule has 0 bridgehead atoms. The van der Waals surface area contributed by atoms with Gasteiger partial charge in [0.05, 0.1) is 11.1 Å². The molecule has 2 heterocycles. The number of nitrogen functional groups attached to an aromatic ring is 1. The second-order valence-corrected chi connectivity index (χ2v) is 7.88. The molecule has 1 aromatic heterocycles. The second-order valence-electron chi connectivity index (χ2n) is 7.88. The molecule has 1 saturated heterocycles. The van der Waals surface area contributed by atoms with Crippen LogP contribution in [0.25, 0.3) is 0 Å². The van der Waals surface area contributed by atoms with Gasteiger partial charge in [-0.3, -0.25) is 9.36 Å². The second kappa shape index (κ2) is 10.8. The molecule has 0 radical (unpaired) electrons. The van der Waals surface area contributed by atoms with Crippen molar-refractivity contribution >= 4 is 23.7 Å². The molecule has 0 aliphatic carbocycles. The molecule has 186 valence electrons. The maximum Gasteiger partial charge on any atom is 0.351 e. The van der Waals surface area contributed by atoms with Gasteiger partial charge in [-0.25, -0.2) is 14.4 Å². The third-order valence-corrected chi connectivity index (χ3v) is 5.35. The number of ether oxygens (including phenoxy) is 4. The van der Waals surface area contributed by atoms with E-state index in [1.807, 2.05) is 0 Å². The van der Waals surface area contributed by atoms with Crippen LogP contribution in [0.4, 0.5) is 5.82 Å². The predicted molar refractivity (Wildman–Crippen MR) is 125 cm³/mol. The molecule has 36 heavy (non-hydrogen) atoms. The third-order valence-electron chi connectivity index (χ3n) is 5.35. The smallest absolute Gasteiger partial charge is 0.351 e. The van der Waals surface area contributed by atoms with E-state index in [0.717, 1.165) is 4.57 Å². The molecular formula is C25H23N3O8. The van der Waals surface area contributed by atoms with Crippen LogP contribution in [0, 0.1) is 0 Å². The van der Waals surface area contributed by atoms with Crippen LogP contribution in [0.1, 0.15) is 33.9 Å². The van der Waals surface area contributed by atoms with Crippen LogP contribution >= 0.6 is 0 Å². The molecule has 1 aliphatic rings. The van der Waals surface area contributed by atoms with E-state index in [1.165, 1.54) is 19.2 Å². The average molecular weight is 493 g/mol. The molecule has 1 aliphatic heterocycles. The first kappa shape index (κ1) is 24.6. The average Bonchev–Trinajstić information content (AvgIpc) is 3.19. The van der Waals surface area contributed by atoms with Crippen LogP contribution in [0.3, 0.4) is 0 Å². The lowest BCUT2D eigenvalue weighted by Crippen LogP contribution is -2.42. The van der Waals surface area contributed by atoms with Gasteiger partial charge in [-0.1, -0.05) is 36.4 Å². The minimum absolute atomic E-state index is 0.0167. The number of carbonyl (C=O) groups is 3. The van der Waals surface area contributed by atoms with Crippen LogP contribution < -0.4 is 11.4 Å². The highest BCUT2D eigenvalue weighted by Gasteiger charge is 2.51. The fourth-order valence-corrected chi connectivity index (χ4v) is 3.73. The molecule has 2 N–H and O–H groups in total. The Kier molecular flexibility index (Phi) is 7.40. The van der Waals surface area contributed by atoms with Crippen molar-refractivity contribution in [1.29, 1.82) is 0 Å². The van der Waals surface area contributed by atoms with E-state index < -0.39 is 48.1 Å². The number of aromatic nitrogens is 2. The normalized spacial score (nSPS) is 20.9. The molecule has 2 aromatic carbocycles. The van der Waals surface area contributed by atoms with Crippen LogP contribution in [-0.4, -0.2) is 52.4 Å². The highest BCUT2D eigenvalue weighted by molar-refractivity contribution is 5.90. The Bertz CT molecular complexity index is 1300. The summed E-state index contributed by atoms with van der Waals surface area (Å²) < 4.78 is 23.5. The molecule has 11 heteroatoms. The van der Waals surface area contributed by atoms with Crippen molar-refractivity contribution in [2.75, 3.05) is 12.3 Å². The van der Waals surface area contributed by atoms with Crippen LogP contribution in [0.5, 0.6) is 0 Å². The van der Waals surface area contributed by atoms with Gasteiger partial charge >= 0.3 is 23.6 Å². The topological polar surface area (TPSA) is 149 Å². The van der Waals surface area contributed by atoms with Crippen molar-refractivity contribution < 1.29 is 33.3 Å². The van der Waals surface area contributed by atoms with E-state index in [2.05, 4.69) is 4.98 Å². The Hall–Kier alpha value is -4.51. The maximum atomic E-state index is 12.9. The van der Waals surface area contributed by atoms with Crippen LogP contribution in [0.15, 0.2) is 77.7 Å². The van der Waals surface area contributed by atoms with Gasteiger partial charge in [0.15, 0.2) is 18.4 Å². The van der Waals surface area contributed by atoms with Gasteiger partial charge in [-0.15, -0.1) is 0 Å². The number of rotatable bonds is 7. The van der Waals surface area contributed by atoms with Crippen molar-refractivity contribution in [1.82, 2.24) is 9.55 Å². The molecule has 0 saturated carbocycles. The van der Waals surface area contributed by atoms with Crippen molar-refractivity contribution in [2.45, 2.75) is 31.5 Å². The Morgan fingerprint density at radius 1 is 0.917 bits per heavy atom. The first-order chi connectivity index (χ1) is 17.3. The molecule has 4 atom stereocenters. The summed E-state index contributed by atoms with van der Waals surface area (Å²) in [6.07, 6.45) is -3.46. The van der Waals surface area contributed by atoms with E-state index in [-0.39, 0.29) is 18.0 Å². The van der Waals surface area contributed by atoms with Gasteiger partial charge in [0.25, 0.3) is 0 Å². The number of hydrogen-bond acceptors (Lipinski definition) is 10. The van der Waals surface area contributed by atoms with Crippen LogP contribution in [0.2, 0.25) is 0 Å². The third kappa shape index (κ3) is 5.58.